The Labute approximate surface area is 122 Å². The molecule has 0 aromatic carbocycles. The Balaban J connectivity index is 1.81. The molecular weight excluding hydrogens is 272 g/mol. The van der Waals surface area contributed by atoms with E-state index in [9.17, 15) is 9.90 Å². The van der Waals surface area contributed by atoms with Crippen LogP contribution in [0.2, 0.25) is 0 Å². The predicted octanol–water partition coefficient (Wildman–Crippen LogP) is 2.53. The van der Waals surface area contributed by atoms with E-state index >= 15 is 0 Å². The molecule has 1 N–H and O–H groups in total. The zero-order valence-corrected chi connectivity index (χ0v) is 12.3. The smallest absolute Gasteiger partial charge is 0.266 e. The van der Waals surface area contributed by atoms with Gasteiger partial charge in [-0.2, -0.15) is 0 Å². The summed E-state index contributed by atoms with van der Waals surface area (Å²) in [6.07, 6.45) is 5.17. The monoisotopic (exact) mass is 290 g/mol. The van der Waals surface area contributed by atoms with E-state index < -0.39 is 5.60 Å². The Morgan fingerprint density at radius 2 is 1.95 bits per heavy atom. The second-order valence-corrected chi connectivity index (χ2v) is 6.43. The summed E-state index contributed by atoms with van der Waals surface area (Å²) in [5, 5.41) is 11.9. The molecule has 1 aliphatic heterocycles. The van der Waals surface area contributed by atoms with Gasteiger partial charge in [0.25, 0.3) is 5.91 Å². The summed E-state index contributed by atoms with van der Waals surface area (Å²) in [6, 6.07) is 5.87. The average molecular weight is 290 g/mol. The highest BCUT2D eigenvalue weighted by Gasteiger charge is 2.31. The van der Waals surface area contributed by atoms with E-state index in [1.54, 1.807) is 0 Å². The molecule has 0 radical (unpaired) electrons. The summed E-state index contributed by atoms with van der Waals surface area (Å²) >= 11 is 1.47. The van der Waals surface area contributed by atoms with Gasteiger partial charge in [0.1, 0.15) is 4.88 Å². The quantitative estimate of drug-likeness (QED) is 0.924. The Kier molecular flexibility index (Phi) is 3.40. The number of amides is 1. The highest BCUT2D eigenvalue weighted by atomic mass is 32.1. The molecule has 0 spiro atoms. The summed E-state index contributed by atoms with van der Waals surface area (Å²) in [6.45, 7) is 3.08. The Hall–Kier alpha value is -1.59. The number of rotatable bonds is 2. The number of carbonyl (C=O) groups is 1. The first-order valence-corrected chi connectivity index (χ1v) is 7.67. The lowest BCUT2D eigenvalue weighted by Gasteiger charge is -2.35. The van der Waals surface area contributed by atoms with Gasteiger partial charge < -0.3 is 14.6 Å². The molecule has 0 saturated carbocycles. The first kappa shape index (κ1) is 13.4. The van der Waals surface area contributed by atoms with Gasteiger partial charge in [-0.1, -0.05) is 0 Å². The Morgan fingerprint density at radius 3 is 2.60 bits per heavy atom. The molecule has 4 nitrogen and oxygen atoms in total. The summed E-state index contributed by atoms with van der Waals surface area (Å²) in [7, 11) is 0. The van der Waals surface area contributed by atoms with Gasteiger partial charge in [-0.3, -0.25) is 4.79 Å². The van der Waals surface area contributed by atoms with Gasteiger partial charge in [-0.25, -0.2) is 0 Å². The molecule has 0 bridgehead atoms. The summed E-state index contributed by atoms with van der Waals surface area (Å²) < 4.78 is 1.96. The number of aliphatic hydroxyl groups is 1. The zero-order valence-electron chi connectivity index (χ0n) is 11.5. The number of piperidine rings is 1. The number of aromatic nitrogens is 1. The molecule has 0 aliphatic carbocycles. The number of carbonyl (C=O) groups excluding carboxylic acids is 1. The van der Waals surface area contributed by atoms with Crippen LogP contribution in [-0.2, 0) is 0 Å². The fourth-order valence-electron chi connectivity index (χ4n) is 2.50. The third-order valence-corrected chi connectivity index (χ3v) is 4.74. The standard InChI is InChI=1S/C15H18N2O2S/c1-15(19)5-9-17(10-6-15)14(18)13-12(4-11-20-13)16-7-2-3-8-16/h2-4,7-8,11,19H,5-6,9-10H2,1H3. The molecule has 2 aromatic heterocycles. The second-order valence-electron chi connectivity index (χ2n) is 5.51. The molecule has 3 rings (SSSR count). The van der Waals surface area contributed by atoms with Crippen molar-refractivity contribution in [3.05, 3.63) is 40.8 Å². The van der Waals surface area contributed by atoms with E-state index in [0.29, 0.717) is 25.9 Å². The summed E-state index contributed by atoms with van der Waals surface area (Å²) in [5.41, 5.74) is 0.303. The van der Waals surface area contributed by atoms with Crippen LogP contribution < -0.4 is 0 Å². The van der Waals surface area contributed by atoms with Gasteiger partial charge in [0.05, 0.1) is 11.3 Å². The second kappa shape index (κ2) is 5.07. The van der Waals surface area contributed by atoms with Crippen LogP contribution in [0.1, 0.15) is 29.4 Å². The third kappa shape index (κ3) is 2.51. The van der Waals surface area contributed by atoms with Crippen LogP contribution in [0.15, 0.2) is 36.0 Å². The lowest BCUT2D eigenvalue weighted by atomic mass is 9.94. The van der Waals surface area contributed by atoms with Crippen molar-refractivity contribution < 1.29 is 9.90 Å². The highest BCUT2D eigenvalue weighted by Crippen LogP contribution is 2.27. The van der Waals surface area contributed by atoms with Crippen molar-refractivity contribution in [2.75, 3.05) is 13.1 Å². The minimum absolute atomic E-state index is 0.0687. The van der Waals surface area contributed by atoms with Crippen molar-refractivity contribution in [1.29, 1.82) is 0 Å². The van der Waals surface area contributed by atoms with Crippen molar-refractivity contribution in [3.8, 4) is 5.69 Å². The van der Waals surface area contributed by atoms with Crippen LogP contribution in [0, 0.1) is 0 Å². The zero-order chi connectivity index (χ0) is 14.2. The maximum atomic E-state index is 12.6. The lowest BCUT2D eigenvalue weighted by Crippen LogP contribution is -2.45. The Morgan fingerprint density at radius 1 is 1.30 bits per heavy atom. The topological polar surface area (TPSA) is 45.5 Å². The van der Waals surface area contributed by atoms with Gasteiger partial charge in [0, 0.05) is 25.5 Å². The largest absolute Gasteiger partial charge is 0.390 e. The van der Waals surface area contributed by atoms with Crippen LogP contribution in [-0.4, -0.2) is 39.2 Å². The molecule has 1 amide bonds. The van der Waals surface area contributed by atoms with E-state index in [2.05, 4.69) is 0 Å². The number of hydrogen-bond donors (Lipinski definition) is 1. The fraction of sp³-hybridized carbons (Fsp3) is 0.400. The molecule has 0 atom stereocenters. The Bertz CT molecular complexity index is 591. The molecule has 2 aromatic rings. The lowest BCUT2D eigenvalue weighted by molar-refractivity contribution is -0.00187. The van der Waals surface area contributed by atoms with Gasteiger partial charge in [0.2, 0.25) is 0 Å². The molecule has 20 heavy (non-hydrogen) atoms. The maximum absolute atomic E-state index is 12.6. The van der Waals surface area contributed by atoms with Gasteiger partial charge in [0.15, 0.2) is 0 Å². The van der Waals surface area contributed by atoms with Gasteiger partial charge >= 0.3 is 0 Å². The first-order chi connectivity index (χ1) is 9.57. The average Bonchev–Trinajstić information content (AvgIpc) is 3.08. The van der Waals surface area contributed by atoms with Crippen LogP contribution in [0.4, 0.5) is 0 Å². The predicted molar refractivity (Wildman–Crippen MR) is 79.4 cm³/mol. The van der Waals surface area contributed by atoms with Crippen LogP contribution in [0.3, 0.4) is 0 Å². The van der Waals surface area contributed by atoms with E-state index in [1.807, 2.05) is 52.4 Å². The molecule has 0 unspecified atom stereocenters. The van der Waals surface area contributed by atoms with Crippen molar-refractivity contribution in [2.24, 2.45) is 0 Å². The number of hydrogen-bond acceptors (Lipinski definition) is 3. The summed E-state index contributed by atoms with van der Waals surface area (Å²) in [4.78, 5) is 15.2. The molecular formula is C15H18N2O2S. The number of thiophene rings is 1. The van der Waals surface area contributed by atoms with Crippen molar-refractivity contribution in [2.45, 2.75) is 25.4 Å². The first-order valence-electron chi connectivity index (χ1n) is 6.79. The van der Waals surface area contributed by atoms with Gasteiger partial charge in [-0.05, 0) is 43.3 Å². The van der Waals surface area contributed by atoms with Crippen LogP contribution in [0.25, 0.3) is 5.69 Å². The van der Waals surface area contributed by atoms with E-state index in [1.165, 1.54) is 11.3 Å². The minimum Gasteiger partial charge on any atom is -0.390 e. The van der Waals surface area contributed by atoms with E-state index in [-0.39, 0.29) is 5.91 Å². The molecule has 1 saturated heterocycles. The van der Waals surface area contributed by atoms with E-state index in [4.69, 9.17) is 0 Å². The maximum Gasteiger partial charge on any atom is 0.266 e. The fourth-order valence-corrected chi connectivity index (χ4v) is 3.35. The van der Waals surface area contributed by atoms with E-state index in [0.717, 1.165) is 10.6 Å². The van der Waals surface area contributed by atoms with Crippen molar-refractivity contribution >= 4 is 17.2 Å². The molecule has 1 aliphatic rings. The highest BCUT2D eigenvalue weighted by molar-refractivity contribution is 7.12. The number of likely N-dealkylation sites (tertiary alicyclic amines) is 1. The van der Waals surface area contributed by atoms with Crippen LogP contribution >= 0.6 is 11.3 Å². The number of nitrogens with zero attached hydrogens (tertiary/aromatic N) is 2. The molecule has 106 valence electrons. The van der Waals surface area contributed by atoms with Crippen LogP contribution in [0.5, 0.6) is 0 Å². The minimum atomic E-state index is -0.629. The molecule has 5 heteroatoms. The normalized spacial score (nSPS) is 18.2. The van der Waals surface area contributed by atoms with Crippen molar-refractivity contribution in [3.63, 3.8) is 0 Å². The molecule has 3 heterocycles. The third-order valence-electron chi connectivity index (χ3n) is 3.85. The summed E-state index contributed by atoms with van der Waals surface area (Å²) in [5.74, 6) is 0.0687. The SMILES string of the molecule is CC1(O)CCN(C(=O)c2sccc2-n2cccc2)CC1. The van der Waals surface area contributed by atoms with Gasteiger partial charge in [-0.15, -0.1) is 11.3 Å². The van der Waals surface area contributed by atoms with Crippen molar-refractivity contribution in [1.82, 2.24) is 9.47 Å². The molecule has 1 fully saturated rings.